The van der Waals surface area contributed by atoms with Crippen LogP contribution >= 0.6 is 11.8 Å². The van der Waals surface area contributed by atoms with Crippen LogP contribution in [-0.4, -0.2) is 5.75 Å². The van der Waals surface area contributed by atoms with Gasteiger partial charge in [-0.05, 0) is 29.9 Å². The summed E-state index contributed by atoms with van der Waals surface area (Å²) in [4.78, 5) is 0.667. The Kier molecular flexibility index (Phi) is 4.22. The predicted octanol–water partition coefficient (Wildman–Crippen LogP) is 4.43. The fourth-order valence-corrected chi connectivity index (χ4v) is 3.64. The molecule has 1 aliphatic heterocycles. The van der Waals surface area contributed by atoms with Crippen molar-refractivity contribution in [1.82, 2.24) is 5.32 Å². The fraction of sp³-hybridized carbons (Fsp3) is 0.250. The smallest absolute Gasteiger partial charge is 0.137 e. The Morgan fingerprint density at radius 3 is 2.76 bits per heavy atom. The number of benzene rings is 2. The Hall–Kier alpha value is -1.46. The molecule has 2 aromatic rings. The van der Waals surface area contributed by atoms with Crippen molar-refractivity contribution in [2.24, 2.45) is 0 Å². The van der Waals surface area contributed by atoms with E-state index in [0.29, 0.717) is 10.5 Å². The molecule has 1 atom stereocenters. The number of nitrogens with one attached hydrogen (secondary N) is 1. The van der Waals surface area contributed by atoms with E-state index in [-0.39, 0.29) is 18.4 Å². The molecule has 1 N–H and O–H groups in total. The van der Waals surface area contributed by atoms with Crippen LogP contribution in [-0.2, 0) is 6.54 Å². The van der Waals surface area contributed by atoms with Crippen molar-refractivity contribution in [3.05, 3.63) is 65.0 Å². The van der Waals surface area contributed by atoms with Crippen LogP contribution in [0.25, 0.3) is 0 Å². The highest BCUT2D eigenvalue weighted by atomic mass is 32.2. The van der Waals surface area contributed by atoms with Gasteiger partial charge >= 0.3 is 0 Å². The minimum atomic E-state index is -0.585. The molecule has 3 rings (SSSR count). The van der Waals surface area contributed by atoms with Gasteiger partial charge in [-0.25, -0.2) is 13.2 Å². The first-order valence-electron chi connectivity index (χ1n) is 6.73. The van der Waals surface area contributed by atoms with E-state index < -0.39 is 11.6 Å². The summed E-state index contributed by atoms with van der Waals surface area (Å²) in [5, 5.41) is 3.24. The molecule has 0 fully saturated rings. The SMILES string of the molecule is Fc1ccc(CNC2CCSc3c(F)cccc32)c(F)c1. The van der Waals surface area contributed by atoms with Crippen molar-refractivity contribution in [3.63, 3.8) is 0 Å². The fourth-order valence-electron chi connectivity index (χ4n) is 2.50. The molecule has 5 heteroatoms. The highest BCUT2D eigenvalue weighted by molar-refractivity contribution is 7.99. The number of hydrogen-bond acceptors (Lipinski definition) is 2. The second-order valence-corrected chi connectivity index (χ2v) is 6.07. The maximum Gasteiger partial charge on any atom is 0.137 e. The van der Waals surface area contributed by atoms with E-state index in [1.54, 1.807) is 6.07 Å². The van der Waals surface area contributed by atoms with Crippen LogP contribution in [0.1, 0.15) is 23.6 Å². The molecular formula is C16H14F3NS. The first-order chi connectivity index (χ1) is 10.1. The van der Waals surface area contributed by atoms with Gasteiger partial charge in [0.2, 0.25) is 0 Å². The summed E-state index contributed by atoms with van der Waals surface area (Å²) in [6.45, 7) is 0.289. The molecule has 1 unspecified atom stereocenters. The number of hydrogen-bond donors (Lipinski definition) is 1. The van der Waals surface area contributed by atoms with Crippen LogP contribution in [0.4, 0.5) is 13.2 Å². The van der Waals surface area contributed by atoms with E-state index in [2.05, 4.69) is 5.32 Å². The van der Waals surface area contributed by atoms with E-state index >= 15 is 0 Å². The number of rotatable bonds is 3. The zero-order valence-electron chi connectivity index (χ0n) is 11.2. The molecule has 1 nitrogen and oxygen atoms in total. The van der Waals surface area contributed by atoms with Crippen LogP contribution in [0, 0.1) is 17.5 Å². The number of fused-ring (bicyclic) bond motifs is 1. The Bertz CT molecular complexity index is 660. The molecule has 110 valence electrons. The van der Waals surface area contributed by atoms with Crippen molar-refractivity contribution < 1.29 is 13.2 Å². The highest BCUT2D eigenvalue weighted by Gasteiger charge is 2.22. The Labute approximate surface area is 125 Å². The van der Waals surface area contributed by atoms with Gasteiger partial charge in [-0.1, -0.05) is 18.2 Å². The molecule has 0 radical (unpaired) electrons. The van der Waals surface area contributed by atoms with Gasteiger partial charge < -0.3 is 5.32 Å². The normalized spacial score (nSPS) is 17.6. The molecule has 1 heterocycles. The number of halogens is 3. The summed E-state index contributed by atoms with van der Waals surface area (Å²) >= 11 is 1.51. The van der Waals surface area contributed by atoms with E-state index in [9.17, 15) is 13.2 Å². The van der Waals surface area contributed by atoms with E-state index in [1.165, 1.54) is 30.0 Å². The lowest BCUT2D eigenvalue weighted by atomic mass is 10.0. The summed E-state index contributed by atoms with van der Waals surface area (Å²) in [6, 6.07) is 8.57. The minimum Gasteiger partial charge on any atom is -0.306 e. The molecule has 1 aliphatic rings. The Morgan fingerprint density at radius 2 is 1.95 bits per heavy atom. The topological polar surface area (TPSA) is 12.0 Å². The minimum absolute atomic E-state index is 0.0126. The molecule has 0 amide bonds. The third-order valence-corrected chi connectivity index (χ3v) is 4.74. The van der Waals surface area contributed by atoms with E-state index in [0.717, 1.165) is 23.8 Å². The zero-order chi connectivity index (χ0) is 14.8. The van der Waals surface area contributed by atoms with Crippen LogP contribution in [0.5, 0.6) is 0 Å². The van der Waals surface area contributed by atoms with Gasteiger partial charge in [-0.15, -0.1) is 11.8 Å². The summed E-state index contributed by atoms with van der Waals surface area (Å²) in [5.74, 6) is -0.542. The molecule has 0 aliphatic carbocycles. The van der Waals surface area contributed by atoms with Gasteiger partial charge in [0.25, 0.3) is 0 Å². The summed E-state index contributed by atoms with van der Waals surface area (Å²) < 4.78 is 40.3. The molecule has 0 saturated carbocycles. The largest absolute Gasteiger partial charge is 0.306 e. The maximum absolute atomic E-state index is 13.8. The van der Waals surface area contributed by atoms with Crippen molar-refractivity contribution in [2.45, 2.75) is 23.9 Å². The van der Waals surface area contributed by atoms with Crippen LogP contribution in [0.2, 0.25) is 0 Å². The monoisotopic (exact) mass is 309 g/mol. The van der Waals surface area contributed by atoms with Crippen molar-refractivity contribution in [1.29, 1.82) is 0 Å². The summed E-state index contributed by atoms with van der Waals surface area (Å²) in [6.07, 6.45) is 0.851. The van der Waals surface area contributed by atoms with Crippen molar-refractivity contribution in [3.8, 4) is 0 Å². The lowest BCUT2D eigenvalue weighted by Gasteiger charge is -2.26. The molecule has 0 aromatic heterocycles. The maximum atomic E-state index is 13.8. The van der Waals surface area contributed by atoms with E-state index in [1.807, 2.05) is 6.07 Å². The van der Waals surface area contributed by atoms with E-state index in [4.69, 9.17) is 0 Å². The van der Waals surface area contributed by atoms with Crippen molar-refractivity contribution >= 4 is 11.8 Å². The second-order valence-electron chi connectivity index (χ2n) is 4.96. The molecular weight excluding hydrogens is 295 g/mol. The van der Waals surface area contributed by atoms with Gasteiger partial charge in [-0.3, -0.25) is 0 Å². The lowest BCUT2D eigenvalue weighted by molar-refractivity contribution is 0.484. The van der Waals surface area contributed by atoms with Crippen LogP contribution < -0.4 is 5.32 Å². The summed E-state index contributed by atoms with van der Waals surface area (Å²) in [5.41, 5.74) is 1.32. The molecule has 21 heavy (non-hydrogen) atoms. The molecule has 0 bridgehead atoms. The van der Waals surface area contributed by atoms with Gasteiger partial charge in [0.15, 0.2) is 0 Å². The summed E-state index contributed by atoms with van der Waals surface area (Å²) in [7, 11) is 0. The average molecular weight is 309 g/mol. The van der Waals surface area contributed by atoms with Crippen LogP contribution in [0.15, 0.2) is 41.3 Å². The van der Waals surface area contributed by atoms with Gasteiger partial charge in [-0.2, -0.15) is 0 Å². The first-order valence-corrected chi connectivity index (χ1v) is 7.72. The quantitative estimate of drug-likeness (QED) is 0.900. The molecule has 0 saturated heterocycles. The lowest BCUT2D eigenvalue weighted by Crippen LogP contribution is -2.25. The Balaban J connectivity index is 1.76. The zero-order valence-corrected chi connectivity index (χ0v) is 12.0. The van der Waals surface area contributed by atoms with Crippen molar-refractivity contribution in [2.75, 3.05) is 5.75 Å². The molecule has 0 spiro atoms. The van der Waals surface area contributed by atoms with Gasteiger partial charge in [0.1, 0.15) is 17.5 Å². The average Bonchev–Trinajstić information content (AvgIpc) is 2.47. The predicted molar refractivity (Wildman–Crippen MR) is 77.7 cm³/mol. The van der Waals surface area contributed by atoms with Gasteiger partial charge in [0.05, 0.1) is 0 Å². The standard InChI is InChI=1S/C16H14F3NS/c17-11-5-4-10(14(19)8-11)9-20-15-6-7-21-16-12(15)2-1-3-13(16)18/h1-5,8,15,20H,6-7,9H2. The third kappa shape index (κ3) is 3.09. The second kappa shape index (κ2) is 6.12. The highest BCUT2D eigenvalue weighted by Crippen LogP contribution is 2.37. The first kappa shape index (κ1) is 14.5. The Morgan fingerprint density at radius 1 is 1.10 bits per heavy atom. The van der Waals surface area contributed by atoms with Crippen LogP contribution in [0.3, 0.4) is 0 Å². The number of thioether (sulfide) groups is 1. The van der Waals surface area contributed by atoms with Gasteiger partial charge in [0, 0.05) is 29.1 Å². The third-order valence-electron chi connectivity index (χ3n) is 3.58. The molecule has 2 aromatic carbocycles.